The van der Waals surface area contributed by atoms with Gasteiger partial charge in [0.25, 0.3) is 0 Å². The van der Waals surface area contributed by atoms with Crippen molar-refractivity contribution in [3.8, 4) is 17.2 Å². The molecular formula is C24H27NO4. The van der Waals surface area contributed by atoms with E-state index in [0.717, 1.165) is 17.6 Å². The van der Waals surface area contributed by atoms with Gasteiger partial charge in [0.05, 0.1) is 21.8 Å². The molecule has 0 saturated carbocycles. The van der Waals surface area contributed by atoms with Gasteiger partial charge in [0.15, 0.2) is 0 Å². The van der Waals surface area contributed by atoms with E-state index in [4.69, 9.17) is 4.74 Å². The van der Waals surface area contributed by atoms with Gasteiger partial charge in [-0.15, -0.1) is 0 Å². The van der Waals surface area contributed by atoms with Crippen LogP contribution in [0.15, 0.2) is 34.6 Å². The summed E-state index contributed by atoms with van der Waals surface area (Å²) in [5.41, 5.74) is 3.16. The molecule has 0 amide bonds. The SMILES string of the molecule is CC(C)=CCc1c2c(c(O)c3c(=O)c4cccc(O)c4n(C)c13)CCC(C)(C)O2. The van der Waals surface area contributed by atoms with Crippen LogP contribution in [0.4, 0.5) is 0 Å². The molecule has 2 heterocycles. The standard InChI is InChI=1S/C24H27NO4/c1-13(2)9-10-15-20-18(22(28)16-11-12-24(3,4)29-23(15)16)21(27)14-7-6-8-17(26)19(14)25(20)5/h6-9,26,28H,10-12H2,1-5H3. The summed E-state index contributed by atoms with van der Waals surface area (Å²) in [7, 11) is 1.82. The second-order valence-corrected chi connectivity index (χ2v) is 8.77. The summed E-state index contributed by atoms with van der Waals surface area (Å²) in [6.45, 7) is 8.13. The molecule has 0 fully saturated rings. The summed E-state index contributed by atoms with van der Waals surface area (Å²) in [4.78, 5) is 13.4. The number of phenols is 2. The van der Waals surface area contributed by atoms with Crippen LogP contribution in [0.2, 0.25) is 0 Å². The van der Waals surface area contributed by atoms with E-state index in [1.54, 1.807) is 22.8 Å². The summed E-state index contributed by atoms with van der Waals surface area (Å²) in [6.07, 6.45) is 4.07. The van der Waals surface area contributed by atoms with Crippen LogP contribution in [0.25, 0.3) is 21.8 Å². The van der Waals surface area contributed by atoms with Crippen molar-refractivity contribution in [2.45, 2.75) is 52.6 Å². The lowest BCUT2D eigenvalue weighted by Crippen LogP contribution is -2.33. The number of pyridine rings is 1. The maximum Gasteiger partial charge on any atom is 0.201 e. The van der Waals surface area contributed by atoms with E-state index in [2.05, 4.69) is 6.08 Å². The van der Waals surface area contributed by atoms with Gasteiger partial charge in [-0.2, -0.15) is 0 Å². The molecule has 0 bridgehead atoms. The second-order valence-electron chi connectivity index (χ2n) is 8.77. The number of rotatable bonds is 2. The summed E-state index contributed by atoms with van der Waals surface area (Å²) in [5, 5.41) is 22.3. The number of phenolic OH excluding ortho intramolecular Hbond substituents is 2. The maximum atomic E-state index is 13.4. The zero-order chi connectivity index (χ0) is 21.1. The fourth-order valence-corrected chi connectivity index (χ4v) is 4.31. The topological polar surface area (TPSA) is 71.7 Å². The lowest BCUT2D eigenvalue weighted by atomic mass is 9.88. The van der Waals surface area contributed by atoms with Gasteiger partial charge in [-0.3, -0.25) is 4.79 Å². The van der Waals surface area contributed by atoms with E-state index < -0.39 is 0 Å². The van der Waals surface area contributed by atoms with Crippen LogP contribution in [0.5, 0.6) is 17.2 Å². The zero-order valence-corrected chi connectivity index (χ0v) is 17.6. The van der Waals surface area contributed by atoms with Gasteiger partial charge in [0, 0.05) is 18.2 Å². The minimum atomic E-state index is -0.356. The van der Waals surface area contributed by atoms with Crippen molar-refractivity contribution in [3.63, 3.8) is 0 Å². The molecule has 0 atom stereocenters. The Balaban J connectivity index is 2.25. The van der Waals surface area contributed by atoms with Crippen LogP contribution < -0.4 is 10.2 Å². The molecule has 1 aliphatic rings. The van der Waals surface area contributed by atoms with Gasteiger partial charge in [-0.05, 0) is 59.1 Å². The summed E-state index contributed by atoms with van der Waals surface area (Å²) < 4.78 is 8.15. The van der Waals surface area contributed by atoms with E-state index >= 15 is 0 Å². The number of benzene rings is 2. The average Bonchev–Trinajstić information content (AvgIpc) is 2.64. The highest BCUT2D eigenvalue weighted by Crippen LogP contribution is 2.46. The third kappa shape index (κ3) is 2.96. The van der Waals surface area contributed by atoms with Gasteiger partial charge in [0.2, 0.25) is 5.43 Å². The number of aromatic hydroxyl groups is 2. The summed E-state index contributed by atoms with van der Waals surface area (Å²) in [6, 6.07) is 4.91. The van der Waals surface area contributed by atoms with Gasteiger partial charge >= 0.3 is 0 Å². The molecule has 1 aromatic heterocycles. The number of para-hydroxylation sites is 1. The van der Waals surface area contributed by atoms with Gasteiger partial charge in [-0.1, -0.05) is 17.7 Å². The molecule has 0 unspecified atom stereocenters. The quantitative estimate of drug-likeness (QED) is 0.488. The molecule has 3 aromatic rings. The smallest absolute Gasteiger partial charge is 0.201 e. The molecule has 0 saturated heterocycles. The lowest BCUT2D eigenvalue weighted by Gasteiger charge is -2.35. The highest BCUT2D eigenvalue weighted by atomic mass is 16.5. The number of aryl methyl sites for hydroxylation is 1. The largest absolute Gasteiger partial charge is 0.507 e. The summed E-state index contributed by atoms with van der Waals surface area (Å²) >= 11 is 0. The average molecular weight is 393 g/mol. The van der Waals surface area contributed by atoms with Crippen LogP contribution in [0, 0.1) is 0 Å². The molecule has 5 nitrogen and oxygen atoms in total. The molecule has 0 aliphatic carbocycles. The normalized spacial score (nSPS) is 15.2. The predicted molar refractivity (Wildman–Crippen MR) is 116 cm³/mol. The van der Waals surface area contributed by atoms with Crippen molar-refractivity contribution in [1.29, 1.82) is 0 Å². The van der Waals surface area contributed by atoms with E-state index in [9.17, 15) is 15.0 Å². The van der Waals surface area contributed by atoms with Crippen LogP contribution in [-0.2, 0) is 19.9 Å². The molecule has 2 aromatic carbocycles. The number of aromatic nitrogens is 1. The first-order valence-corrected chi connectivity index (χ1v) is 9.96. The molecule has 4 rings (SSSR count). The molecule has 5 heteroatoms. The number of hydrogen-bond acceptors (Lipinski definition) is 4. The fourth-order valence-electron chi connectivity index (χ4n) is 4.31. The second kappa shape index (κ2) is 6.55. The minimum absolute atomic E-state index is 0.00251. The Labute approximate surface area is 169 Å². The van der Waals surface area contributed by atoms with Crippen molar-refractivity contribution >= 4 is 21.8 Å². The molecular weight excluding hydrogens is 366 g/mol. The highest BCUT2D eigenvalue weighted by molar-refractivity contribution is 6.01. The number of allylic oxidation sites excluding steroid dienone is 2. The fraction of sp³-hybridized carbons (Fsp3) is 0.375. The Hall–Kier alpha value is -2.95. The van der Waals surface area contributed by atoms with E-state index in [1.165, 1.54) is 0 Å². The first-order chi connectivity index (χ1) is 13.6. The maximum absolute atomic E-state index is 13.4. The monoisotopic (exact) mass is 393 g/mol. The van der Waals surface area contributed by atoms with Gasteiger partial charge < -0.3 is 19.5 Å². The number of hydrogen-bond donors (Lipinski definition) is 2. The van der Waals surface area contributed by atoms with Gasteiger partial charge in [0.1, 0.15) is 22.8 Å². The van der Waals surface area contributed by atoms with E-state index in [1.807, 2.05) is 34.7 Å². The van der Waals surface area contributed by atoms with Crippen LogP contribution in [0.1, 0.15) is 45.2 Å². The first kappa shape index (κ1) is 19.4. The van der Waals surface area contributed by atoms with Gasteiger partial charge in [-0.25, -0.2) is 0 Å². The Bertz CT molecular complexity index is 1240. The van der Waals surface area contributed by atoms with E-state index in [-0.39, 0.29) is 22.5 Å². The van der Waals surface area contributed by atoms with Crippen LogP contribution in [-0.4, -0.2) is 20.4 Å². The van der Waals surface area contributed by atoms with Crippen LogP contribution in [0.3, 0.4) is 0 Å². The number of fused-ring (bicyclic) bond motifs is 3. The van der Waals surface area contributed by atoms with Crippen molar-refractivity contribution < 1.29 is 14.9 Å². The zero-order valence-electron chi connectivity index (χ0n) is 17.6. The summed E-state index contributed by atoms with van der Waals surface area (Å²) in [5.74, 6) is 0.696. The predicted octanol–water partition coefficient (Wildman–Crippen LogP) is 4.72. The molecule has 0 spiro atoms. The van der Waals surface area contributed by atoms with Crippen molar-refractivity contribution in [2.24, 2.45) is 7.05 Å². The Morgan fingerprint density at radius 3 is 2.66 bits per heavy atom. The molecule has 0 radical (unpaired) electrons. The molecule has 1 aliphatic heterocycles. The minimum Gasteiger partial charge on any atom is -0.507 e. The van der Waals surface area contributed by atoms with Crippen molar-refractivity contribution in [1.82, 2.24) is 4.57 Å². The van der Waals surface area contributed by atoms with E-state index in [0.29, 0.717) is 46.0 Å². The van der Waals surface area contributed by atoms with Crippen LogP contribution >= 0.6 is 0 Å². The molecule has 29 heavy (non-hydrogen) atoms. The van der Waals surface area contributed by atoms with Crippen molar-refractivity contribution in [3.05, 3.63) is 51.2 Å². The Morgan fingerprint density at radius 1 is 1.24 bits per heavy atom. The third-order valence-corrected chi connectivity index (χ3v) is 5.82. The number of nitrogens with zero attached hydrogens (tertiary/aromatic N) is 1. The molecule has 2 N–H and O–H groups in total. The lowest BCUT2D eigenvalue weighted by molar-refractivity contribution is 0.0828. The first-order valence-electron chi connectivity index (χ1n) is 9.96. The Kier molecular flexibility index (Phi) is 4.37. The Morgan fingerprint density at radius 2 is 1.97 bits per heavy atom. The van der Waals surface area contributed by atoms with Crippen molar-refractivity contribution in [2.75, 3.05) is 0 Å². The molecule has 152 valence electrons. The number of ether oxygens (including phenoxy) is 1. The highest BCUT2D eigenvalue weighted by Gasteiger charge is 2.33. The third-order valence-electron chi connectivity index (χ3n) is 5.82.